The summed E-state index contributed by atoms with van der Waals surface area (Å²) in [6.45, 7) is 5.27. The highest BCUT2D eigenvalue weighted by molar-refractivity contribution is 9.10. The molecule has 0 bridgehead atoms. The molecule has 0 fully saturated rings. The van der Waals surface area contributed by atoms with Crippen LogP contribution >= 0.6 is 38.9 Å². The number of halogens is 2. The molecule has 0 spiro atoms. The average molecular weight is 283 g/mol. The lowest BCUT2D eigenvalue weighted by Gasteiger charge is -2.09. The van der Waals surface area contributed by atoms with Crippen molar-refractivity contribution in [1.29, 1.82) is 0 Å². The molecule has 0 saturated carbocycles. The van der Waals surface area contributed by atoms with E-state index in [0.29, 0.717) is 6.04 Å². The first-order valence-electron chi connectivity index (χ1n) is 4.30. The Morgan fingerprint density at radius 2 is 2.38 bits per heavy atom. The molecule has 0 aliphatic rings. The summed E-state index contributed by atoms with van der Waals surface area (Å²) in [7, 11) is 0. The lowest BCUT2D eigenvalue weighted by Crippen LogP contribution is -2.23. The maximum Gasteiger partial charge on any atom is 0.107 e. The molecule has 1 nitrogen and oxygen atoms in total. The number of thiophene rings is 1. The molecule has 0 amide bonds. The molecule has 4 heteroatoms. The van der Waals surface area contributed by atoms with Gasteiger partial charge in [0, 0.05) is 21.9 Å². The second kappa shape index (κ2) is 5.35. The normalized spacial score (nSPS) is 13.2. The second-order valence-corrected chi connectivity index (χ2v) is 5.62. The summed E-state index contributed by atoms with van der Waals surface area (Å²) in [4.78, 5) is 1.28. The molecule has 0 aliphatic heterocycles. The third-order valence-corrected chi connectivity index (χ3v) is 4.41. The van der Waals surface area contributed by atoms with Crippen LogP contribution in [-0.4, -0.2) is 6.04 Å². The molecule has 0 radical (unpaired) electrons. The monoisotopic (exact) mass is 281 g/mol. The molecular weight excluding hydrogens is 270 g/mol. The maximum absolute atomic E-state index is 5.92. The van der Waals surface area contributed by atoms with Crippen LogP contribution in [0.4, 0.5) is 0 Å². The summed E-state index contributed by atoms with van der Waals surface area (Å²) in [5.41, 5.74) is 0. The first kappa shape index (κ1) is 11.5. The third-order valence-electron chi connectivity index (χ3n) is 1.93. The number of hydrogen-bond donors (Lipinski definition) is 1. The zero-order chi connectivity index (χ0) is 9.84. The van der Waals surface area contributed by atoms with Crippen molar-refractivity contribution >= 4 is 38.9 Å². The molecule has 13 heavy (non-hydrogen) atoms. The Balaban J connectivity index is 2.45. The molecule has 74 valence electrons. The summed E-state index contributed by atoms with van der Waals surface area (Å²) < 4.78 is 1.83. The SMILES string of the molecule is CCC(C)NCc1cc(Br)c(Cl)s1. The lowest BCUT2D eigenvalue weighted by atomic mass is 10.2. The minimum Gasteiger partial charge on any atom is -0.309 e. The molecule has 1 rings (SSSR count). The van der Waals surface area contributed by atoms with Gasteiger partial charge in [0.1, 0.15) is 4.34 Å². The van der Waals surface area contributed by atoms with E-state index in [-0.39, 0.29) is 0 Å². The van der Waals surface area contributed by atoms with E-state index in [0.717, 1.165) is 21.8 Å². The van der Waals surface area contributed by atoms with Gasteiger partial charge < -0.3 is 5.32 Å². The van der Waals surface area contributed by atoms with Crippen LogP contribution in [0.3, 0.4) is 0 Å². The third kappa shape index (κ3) is 3.58. The Hall–Kier alpha value is 0.430. The van der Waals surface area contributed by atoms with Crippen LogP contribution in [0.25, 0.3) is 0 Å². The molecule has 0 aromatic carbocycles. The van der Waals surface area contributed by atoms with Crippen LogP contribution in [0, 0.1) is 0 Å². The molecule has 1 N–H and O–H groups in total. The van der Waals surface area contributed by atoms with Gasteiger partial charge >= 0.3 is 0 Å². The van der Waals surface area contributed by atoms with E-state index in [1.165, 1.54) is 4.88 Å². The second-order valence-electron chi connectivity index (χ2n) is 3.02. The van der Waals surface area contributed by atoms with E-state index in [4.69, 9.17) is 11.6 Å². The number of nitrogens with one attached hydrogen (secondary N) is 1. The van der Waals surface area contributed by atoms with Gasteiger partial charge in [-0.05, 0) is 35.3 Å². The highest BCUT2D eigenvalue weighted by Crippen LogP contribution is 2.31. The van der Waals surface area contributed by atoms with Crippen LogP contribution < -0.4 is 5.32 Å². The largest absolute Gasteiger partial charge is 0.309 e. The van der Waals surface area contributed by atoms with E-state index < -0.39 is 0 Å². The van der Waals surface area contributed by atoms with Crippen molar-refractivity contribution in [3.63, 3.8) is 0 Å². The number of rotatable bonds is 4. The van der Waals surface area contributed by atoms with Crippen LogP contribution in [-0.2, 0) is 6.54 Å². The van der Waals surface area contributed by atoms with Gasteiger partial charge in [0.2, 0.25) is 0 Å². The van der Waals surface area contributed by atoms with E-state index in [1.807, 2.05) is 0 Å². The van der Waals surface area contributed by atoms with Crippen molar-refractivity contribution in [3.8, 4) is 0 Å². The van der Waals surface area contributed by atoms with E-state index >= 15 is 0 Å². The Kier molecular flexibility index (Phi) is 4.73. The topological polar surface area (TPSA) is 12.0 Å². The predicted molar refractivity (Wildman–Crippen MR) is 63.6 cm³/mol. The minimum absolute atomic E-state index is 0.569. The predicted octanol–water partition coefficient (Wildman–Crippen LogP) is 4.05. The number of hydrogen-bond acceptors (Lipinski definition) is 2. The van der Waals surface area contributed by atoms with Crippen LogP contribution in [0.2, 0.25) is 4.34 Å². The van der Waals surface area contributed by atoms with E-state index in [1.54, 1.807) is 11.3 Å². The zero-order valence-electron chi connectivity index (χ0n) is 7.73. The van der Waals surface area contributed by atoms with Crippen molar-refractivity contribution in [2.75, 3.05) is 0 Å². The zero-order valence-corrected chi connectivity index (χ0v) is 10.9. The van der Waals surface area contributed by atoms with Gasteiger partial charge in [-0.1, -0.05) is 18.5 Å². The maximum atomic E-state index is 5.92. The highest BCUT2D eigenvalue weighted by atomic mass is 79.9. The smallest absolute Gasteiger partial charge is 0.107 e. The Morgan fingerprint density at radius 1 is 1.69 bits per heavy atom. The fraction of sp³-hybridized carbons (Fsp3) is 0.556. The molecule has 0 aliphatic carbocycles. The molecule has 1 unspecified atom stereocenters. The quantitative estimate of drug-likeness (QED) is 0.878. The molecular formula is C9H13BrClNS. The molecule has 1 atom stereocenters. The lowest BCUT2D eigenvalue weighted by molar-refractivity contribution is 0.537. The average Bonchev–Trinajstić information content (AvgIpc) is 2.42. The van der Waals surface area contributed by atoms with Crippen LogP contribution in [0.1, 0.15) is 25.1 Å². The highest BCUT2D eigenvalue weighted by Gasteiger charge is 2.05. The van der Waals surface area contributed by atoms with Crippen molar-refractivity contribution < 1.29 is 0 Å². The Labute approximate surface area is 96.6 Å². The van der Waals surface area contributed by atoms with Crippen LogP contribution in [0.5, 0.6) is 0 Å². The fourth-order valence-corrected chi connectivity index (χ4v) is 2.64. The van der Waals surface area contributed by atoms with Crippen molar-refractivity contribution in [3.05, 3.63) is 19.8 Å². The van der Waals surface area contributed by atoms with E-state index in [9.17, 15) is 0 Å². The molecule has 1 aromatic heterocycles. The molecule has 1 heterocycles. The summed E-state index contributed by atoms with van der Waals surface area (Å²) in [5, 5.41) is 3.42. The first-order valence-corrected chi connectivity index (χ1v) is 6.29. The van der Waals surface area contributed by atoms with Crippen molar-refractivity contribution in [2.45, 2.75) is 32.9 Å². The first-order chi connectivity index (χ1) is 6.13. The van der Waals surface area contributed by atoms with Crippen LogP contribution in [0.15, 0.2) is 10.5 Å². The summed E-state index contributed by atoms with van der Waals surface area (Å²) >= 11 is 10.9. The Bertz CT molecular complexity index is 255. The van der Waals surface area contributed by atoms with Gasteiger partial charge in [-0.2, -0.15) is 0 Å². The van der Waals surface area contributed by atoms with E-state index in [2.05, 4.69) is 41.2 Å². The standard InChI is InChI=1S/C9H13BrClNS/c1-3-6(2)12-5-7-4-8(10)9(11)13-7/h4,6,12H,3,5H2,1-2H3. The molecule has 0 saturated heterocycles. The van der Waals surface area contributed by atoms with Gasteiger partial charge in [0.25, 0.3) is 0 Å². The summed E-state index contributed by atoms with van der Waals surface area (Å²) in [5.74, 6) is 0. The molecule has 1 aromatic rings. The van der Waals surface area contributed by atoms with Gasteiger partial charge in [-0.3, -0.25) is 0 Å². The Morgan fingerprint density at radius 3 is 2.85 bits per heavy atom. The van der Waals surface area contributed by atoms with Crippen molar-refractivity contribution in [1.82, 2.24) is 5.32 Å². The van der Waals surface area contributed by atoms with Gasteiger partial charge in [0.15, 0.2) is 0 Å². The summed E-state index contributed by atoms with van der Waals surface area (Å²) in [6.07, 6.45) is 1.15. The van der Waals surface area contributed by atoms with Gasteiger partial charge in [-0.15, -0.1) is 11.3 Å². The van der Waals surface area contributed by atoms with Gasteiger partial charge in [0.05, 0.1) is 0 Å². The van der Waals surface area contributed by atoms with Gasteiger partial charge in [-0.25, -0.2) is 0 Å². The fourth-order valence-electron chi connectivity index (χ4n) is 0.898. The minimum atomic E-state index is 0.569. The summed E-state index contributed by atoms with van der Waals surface area (Å²) in [6, 6.07) is 2.64. The van der Waals surface area contributed by atoms with Crippen molar-refractivity contribution in [2.24, 2.45) is 0 Å².